The Morgan fingerprint density at radius 3 is 1.82 bits per heavy atom. The molecule has 1 atom stereocenters. The monoisotopic (exact) mass is 542 g/mol. The van der Waals surface area contributed by atoms with Gasteiger partial charge in [-0.1, -0.05) is 113 Å². The van der Waals surface area contributed by atoms with Crippen molar-refractivity contribution in [3.63, 3.8) is 0 Å². The van der Waals surface area contributed by atoms with Crippen molar-refractivity contribution in [2.24, 2.45) is 0 Å². The number of ether oxygens (including phenoxy) is 1. The lowest BCUT2D eigenvalue weighted by atomic mass is 10.1. The Kier molecular flexibility index (Phi) is 28.4. The summed E-state index contributed by atoms with van der Waals surface area (Å²) in [4.78, 5) is 23.1. The van der Waals surface area contributed by atoms with Gasteiger partial charge in [0.15, 0.2) is 0 Å². The smallest absolute Gasteiger partial charge is 0.306 e. The fraction of sp³-hybridized carbons (Fsp3) is 0.657. The van der Waals surface area contributed by atoms with Crippen LogP contribution in [0, 0.1) is 0 Å². The van der Waals surface area contributed by atoms with Crippen LogP contribution in [0.25, 0.3) is 0 Å². The first-order valence-corrected chi connectivity index (χ1v) is 15.8. The number of carbonyl (C=O) groups excluding carboxylic acids is 1. The number of carboxylic acid groups (broad SMARTS) is 1. The molecule has 0 aliphatic heterocycles. The molecule has 4 nitrogen and oxygen atoms in total. The van der Waals surface area contributed by atoms with Crippen LogP contribution in [0.1, 0.15) is 142 Å². The Balaban J connectivity index is 4.17. The van der Waals surface area contributed by atoms with Gasteiger partial charge in [0, 0.05) is 12.8 Å². The number of hydrogen-bond donors (Lipinski definition) is 1. The third-order valence-electron chi connectivity index (χ3n) is 6.46. The zero-order chi connectivity index (χ0) is 28.7. The standard InChI is InChI=1S/C35H58O4/c1-3-5-7-9-11-13-14-15-16-17-18-20-22-28-32-35(38)39-33(30-26-23-24-27-31-34(36)37)29-25-21-19-12-10-8-6-4-2/h6,8-9,11-12,14-15,19,25,29,33H,3-5,7,10,13,16-18,20-24,26-28,30-32H2,1-2H3,(H,36,37)/b8-6-,11-9-,15-14-,19-12-,29-25-. The zero-order valence-electron chi connectivity index (χ0n) is 25.2. The molecule has 4 heteroatoms. The van der Waals surface area contributed by atoms with Gasteiger partial charge in [0.05, 0.1) is 0 Å². The van der Waals surface area contributed by atoms with Crippen LogP contribution in [-0.2, 0) is 14.3 Å². The number of hydrogen-bond acceptors (Lipinski definition) is 3. The molecule has 0 bridgehead atoms. The second-order valence-electron chi connectivity index (χ2n) is 10.3. The molecule has 39 heavy (non-hydrogen) atoms. The number of aliphatic carboxylic acids is 1. The number of carbonyl (C=O) groups is 2. The summed E-state index contributed by atoms with van der Waals surface area (Å²) < 4.78 is 5.80. The molecule has 0 radical (unpaired) electrons. The van der Waals surface area contributed by atoms with Crippen LogP contribution in [0.4, 0.5) is 0 Å². The highest BCUT2D eigenvalue weighted by Crippen LogP contribution is 2.14. The van der Waals surface area contributed by atoms with Crippen molar-refractivity contribution in [3.8, 4) is 0 Å². The van der Waals surface area contributed by atoms with Crippen LogP contribution < -0.4 is 0 Å². The molecular formula is C35H58O4. The Labute approximate surface area is 240 Å². The summed E-state index contributed by atoms with van der Waals surface area (Å²) in [6.07, 6.45) is 40.9. The minimum absolute atomic E-state index is 0.106. The maximum atomic E-state index is 12.5. The fourth-order valence-corrected chi connectivity index (χ4v) is 4.13. The lowest BCUT2D eigenvalue weighted by Crippen LogP contribution is -2.16. The van der Waals surface area contributed by atoms with Crippen LogP contribution >= 0.6 is 0 Å². The molecule has 0 saturated carbocycles. The summed E-state index contributed by atoms with van der Waals surface area (Å²) in [5.41, 5.74) is 0. The summed E-state index contributed by atoms with van der Waals surface area (Å²) in [5.74, 6) is -0.841. The van der Waals surface area contributed by atoms with E-state index in [1.165, 1.54) is 32.1 Å². The van der Waals surface area contributed by atoms with E-state index in [0.717, 1.165) is 77.0 Å². The van der Waals surface area contributed by atoms with E-state index in [0.29, 0.717) is 12.8 Å². The molecule has 0 aromatic carbocycles. The summed E-state index contributed by atoms with van der Waals surface area (Å²) in [7, 11) is 0. The van der Waals surface area contributed by atoms with E-state index in [2.05, 4.69) is 68.5 Å². The number of allylic oxidation sites excluding steroid dienone is 9. The average molecular weight is 543 g/mol. The van der Waals surface area contributed by atoms with Gasteiger partial charge in [0.1, 0.15) is 6.10 Å². The highest BCUT2D eigenvalue weighted by molar-refractivity contribution is 5.69. The van der Waals surface area contributed by atoms with Gasteiger partial charge in [0.25, 0.3) is 0 Å². The Hall–Kier alpha value is -2.36. The zero-order valence-corrected chi connectivity index (χ0v) is 25.2. The summed E-state index contributed by atoms with van der Waals surface area (Å²) in [6, 6.07) is 0. The maximum Gasteiger partial charge on any atom is 0.306 e. The van der Waals surface area contributed by atoms with Crippen LogP contribution in [0.3, 0.4) is 0 Å². The van der Waals surface area contributed by atoms with Crippen molar-refractivity contribution < 1.29 is 19.4 Å². The van der Waals surface area contributed by atoms with Crippen LogP contribution in [0.15, 0.2) is 60.8 Å². The average Bonchev–Trinajstić information content (AvgIpc) is 2.91. The van der Waals surface area contributed by atoms with Gasteiger partial charge >= 0.3 is 11.9 Å². The lowest BCUT2D eigenvalue weighted by Gasteiger charge is -2.14. The van der Waals surface area contributed by atoms with Crippen molar-refractivity contribution in [1.29, 1.82) is 0 Å². The number of carboxylic acids is 1. The van der Waals surface area contributed by atoms with Crippen molar-refractivity contribution >= 4 is 11.9 Å². The largest absolute Gasteiger partial charge is 0.481 e. The van der Waals surface area contributed by atoms with Crippen LogP contribution in [0.2, 0.25) is 0 Å². The predicted octanol–water partition coefficient (Wildman–Crippen LogP) is 10.6. The van der Waals surface area contributed by atoms with E-state index < -0.39 is 5.97 Å². The summed E-state index contributed by atoms with van der Waals surface area (Å²) in [5, 5.41) is 8.78. The molecule has 0 saturated heterocycles. The lowest BCUT2D eigenvalue weighted by molar-refractivity contribution is -0.147. The Morgan fingerprint density at radius 2 is 1.15 bits per heavy atom. The van der Waals surface area contributed by atoms with E-state index in [1.807, 2.05) is 6.08 Å². The number of esters is 1. The van der Waals surface area contributed by atoms with Crippen molar-refractivity contribution in [3.05, 3.63) is 60.8 Å². The van der Waals surface area contributed by atoms with Gasteiger partial charge in [-0.25, -0.2) is 0 Å². The quantitative estimate of drug-likeness (QED) is 0.0637. The highest BCUT2D eigenvalue weighted by atomic mass is 16.5. The number of rotatable bonds is 27. The molecule has 0 spiro atoms. The van der Waals surface area contributed by atoms with Crippen molar-refractivity contribution in [1.82, 2.24) is 0 Å². The molecule has 1 unspecified atom stereocenters. The topological polar surface area (TPSA) is 63.6 Å². The Bertz CT molecular complexity index is 714. The maximum absolute atomic E-state index is 12.5. The first-order chi connectivity index (χ1) is 19.1. The molecule has 0 rings (SSSR count). The predicted molar refractivity (Wildman–Crippen MR) is 167 cm³/mol. The molecule has 0 heterocycles. The molecule has 0 aromatic rings. The molecule has 0 aliphatic carbocycles. The molecule has 222 valence electrons. The first-order valence-electron chi connectivity index (χ1n) is 15.8. The van der Waals surface area contributed by atoms with Crippen molar-refractivity contribution in [2.75, 3.05) is 0 Å². The molecule has 0 aromatic heterocycles. The highest BCUT2D eigenvalue weighted by Gasteiger charge is 2.11. The summed E-state index contributed by atoms with van der Waals surface area (Å²) in [6.45, 7) is 4.35. The van der Waals surface area contributed by atoms with E-state index in [-0.39, 0.29) is 18.5 Å². The first kappa shape index (κ1) is 36.6. The SMILES string of the molecule is CC/C=C\C/C=C\C/C=C\C(CCCCCCC(=O)O)OC(=O)CCCCCCC/C=C\C/C=C\CCCC. The Morgan fingerprint density at radius 1 is 0.615 bits per heavy atom. The van der Waals surface area contributed by atoms with Gasteiger partial charge in [-0.2, -0.15) is 0 Å². The van der Waals surface area contributed by atoms with Gasteiger partial charge in [-0.05, 0) is 76.7 Å². The minimum atomic E-state index is -0.735. The molecular weight excluding hydrogens is 484 g/mol. The van der Waals surface area contributed by atoms with Crippen LogP contribution in [0.5, 0.6) is 0 Å². The molecule has 0 amide bonds. The second kappa shape index (κ2) is 30.2. The van der Waals surface area contributed by atoms with E-state index in [4.69, 9.17) is 9.84 Å². The van der Waals surface area contributed by atoms with Gasteiger partial charge in [0.2, 0.25) is 0 Å². The number of unbranched alkanes of at least 4 members (excludes halogenated alkanes) is 10. The fourth-order valence-electron chi connectivity index (χ4n) is 4.13. The van der Waals surface area contributed by atoms with E-state index in [9.17, 15) is 9.59 Å². The summed E-state index contributed by atoms with van der Waals surface area (Å²) >= 11 is 0. The van der Waals surface area contributed by atoms with Crippen LogP contribution in [-0.4, -0.2) is 23.1 Å². The van der Waals surface area contributed by atoms with E-state index in [1.54, 1.807) is 0 Å². The minimum Gasteiger partial charge on any atom is -0.481 e. The van der Waals surface area contributed by atoms with Gasteiger partial charge < -0.3 is 9.84 Å². The van der Waals surface area contributed by atoms with Gasteiger partial charge in [-0.15, -0.1) is 0 Å². The van der Waals surface area contributed by atoms with Crippen molar-refractivity contribution in [2.45, 2.75) is 148 Å². The third-order valence-corrected chi connectivity index (χ3v) is 6.46. The molecule has 1 N–H and O–H groups in total. The second-order valence-corrected chi connectivity index (χ2v) is 10.3. The normalized spacial score (nSPS) is 13.1. The van der Waals surface area contributed by atoms with E-state index >= 15 is 0 Å². The third kappa shape index (κ3) is 30.0. The molecule has 0 aliphatic rings. The van der Waals surface area contributed by atoms with Gasteiger partial charge in [-0.3, -0.25) is 9.59 Å². The molecule has 0 fully saturated rings.